The number of rotatable bonds is 5. The molecule has 1 saturated carbocycles. The van der Waals surface area contributed by atoms with E-state index in [0.717, 1.165) is 18.5 Å². The van der Waals surface area contributed by atoms with E-state index >= 15 is 0 Å². The lowest BCUT2D eigenvalue weighted by Gasteiger charge is -2.35. The Hall–Kier alpha value is -2.38. The van der Waals surface area contributed by atoms with E-state index in [1.54, 1.807) is 12.1 Å². The first-order chi connectivity index (χ1) is 13.0. The van der Waals surface area contributed by atoms with Crippen molar-refractivity contribution in [1.82, 2.24) is 9.62 Å². The fourth-order valence-corrected chi connectivity index (χ4v) is 4.67. The minimum Gasteiger partial charge on any atom is -0.369 e. The molecule has 1 aliphatic heterocycles. The van der Waals surface area contributed by atoms with E-state index < -0.39 is 10.0 Å². The van der Waals surface area contributed by atoms with E-state index in [1.165, 1.54) is 16.4 Å². The smallest absolute Gasteiger partial charge is 0.251 e. The van der Waals surface area contributed by atoms with Crippen LogP contribution in [-0.2, 0) is 10.0 Å². The third kappa shape index (κ3) is 3.99. The number of para-hydroxylation sites is 1. The minimum absolute atomic E-state index is 0.141. The zero-order valence-electron chi connectivity index (χ0n) is 15.0. The Labute approximate surface area is 159 Å². The molecule has 1 N–H and O–H groups in total. The van der Waals surface area contributed by atoms with Crippen LogP contribution in [0.15, 0.2) is 59.5 Å². The third-order valence-corrected chi connectivity index (χ3v) is 6.94. The lowest BCUT2D eigenvalue weighted by Crippen LogP contribution is -2.48. The summed E-state index contributed by atoms with van der Waals surface area (Å²) in [5, 5.41) is 2.91. The van der Waals surface area contributed by atoms with Gasteiger partial charge in [-0.05, 0) is 49.2 Å². The molecule has 0 aromatic heterocycles. The van der Waals surface area contributed by atoms with Crippen LogP contribution in [0.25, 0.3) is 0 Å². The van der Waals surface area contributed by atoms with Crippen LogP contribution in [0.2, 0.25) is 0 Å². The highest BCUT2D eigenvalue weighted by molar-refractivity contribution is 7.89. The number of nitrogens with zero attached hydrogens (tertiary/aromatic N) is 2. The maximum atomic E-state index is 12.9. The van der Waals surface area contributed by atoms with Gasteiger partial charge in [0.2, 0.25) is 10.0 Å². The second-order valence-electron chi connectivity index (χ2n) is 7.00. The van der Waals surface area contributed by atoms with Gasteiger partial charge in [-0.3, -0.25) is 4.79 Å². The van der Waals surface area contributed by atoms with Crippen LogP contribution >= 0.6 is 0 Å². The molecule has 27 heavy (non-hydrogen) atoms. The summed E-state index contributed by atoms with van der Waals surface area (Å²) in [5.74, 6) is -0.141. The molecule has 2 aromatic carbocycles. The van der Waals surface area contributed by atoms with Crippen LogP contribution < -0.4 is 10.2 Å². The molecular weight excluding hydrogens is 362 g/mol. The number of carbonyl (C=O) groups is 1. The van der Waals surface area contributed by atoms with Crippen molar-refractivity contribution in [2.24, 2.45) is 0 Å². The average molecular weight is 385 g/mol. The maximum absolute atomic E-state index is 12.9. The zero-order valence-corrected chi connectivity index (χ0v) is 15.9. The molecule has 142 valence electrons. The first-order valence-corrected chi connectivity index (χ1v) is 10.7. The minimum atomic E-state index is -3.55. The number of anilines is 1. The molecule has 2 aromatic rings. The number of sulfonamides is 1. The van der Waals surface area contributed by atoms with Gasteiger partial charge in [-0.2, -0.15) is 4.31 Å². The monoisotopic (exact) mass is 385 g/mol. The van der Waals surface area contributed by atoms with Gasteiger partial charge in [0, 0.05) is 43.5 Å². The van der Waals surface area contributed by atoms with E-state index in [2.05, 4.69) is 10.2 Å². The molecule has 1 amide bonds. The van der Waals surface area contributed by atoms with Crippen LogP contribution in [-0.4, -0.2) is 50.9 Å². The Morgan fingerprint density at radius 2 is 1.52 bits per heavy atom. The standard InChI is InChI=1S/C20H23N3O3S/c24-20(21-17-8-9-17)16-6-10-19(11-7-16)27(25,26)23-14-12-22(13-15-23)18-4-2-1-3-5-18/h1-7,10-11,17H,8-9,12-15H2,(H,21,24). The Morgan fingerprint density at radius 3 is 2.11 bits per heavy atom. The average Bonchev–Trinajstić information content (AvgIpc) is 3.53. The van der Waals surface area contributed by atoms with Crippen LogP contribution in [0.5, 0.6) is 0 Å². The fourth-order valence-electron chi connectivity index (χ4n) is 3.25. The molecule has 0 spiro atoms. The quantitative estimate of drug-likeness (QED) is 0.856. The fraction of sp³-hybridized carbons (Fsp3) is 0.350. The van der Waals surface area contributed by atoms with Gasteiger partial charge >= 0.3 is 0 Å². The molecule has 1 heterocycles. The van der Waals surface area contributed by atoms with Crippen molar-refractivity contribution in [2.75, 3.05) is 31.1 Å². The summed E-state index contributed by atoms with van der Waals surface area (Å²) < 4.78 is 27.3. The zero-order chi connectivity index (χ0) is 18.9. The second-order valence-corrected chi connectivity index (χ2v) is 8.94. The molecular formula is C20H23N3O3S. The summed E-state index contributed by atoms with van der Waals surface area (Å²) >= 11 is 0. The number of benzene rings is 2. The van der Waals surface area contributed by atoms with E-state index in [1.807, 2.05) is 30.3 Å². The number of carbonyl (C=O) groups excluding carboxylic acids is 1. The number of hydrogen-bond donors (Lipinski definition) is 1. The van der Waals surface area contributed by atoms with Crippen molar-refractivity contribution in [3.8, 4) is 0 Å². The topological polar surface area (TPSA) is 69.7 Å². The predicted octanol–water partition coefficient (Wildman–Crippen LogP) is 2.09. The molecule has 4 rings (SSSR count). The number of piperazine rings is 1. The summed E-state index contributed by atoms with van der Waals surface area (Å²) in [4.78, 5) is 14.5. The Kier molecular flexibility index (Phi) is 4.88. The van der Waals surface area contributed by atoms with Crippen molar-refractivity contribution in [3.63, 3.8) is 0 Å². The Balaban J connectivity index is 1.41. The van der Waals surface area contributed by atoms with E-state index in [9.17, 15) is 13.2 Å². The van der Waals surface area contributed by atoms with E-state index in [4.69, 9.17) is 0 Å². The van der Waals surface area contributed by atoms with Gasteiger partial charge in [-0.25, -0.2) is 8.42 Å². The largest absolute Gasteiger partial charge is 0.369 e. The highest BCUT2D eigenvalue weighted by Gasteiger charge is 2.29. The van der Waals surface area contributed by atoms with Gasteiger partial charge in [0.25, 0.3) is 5.91 Å². The lowest BCUT2D eigenvalue weighted by molar-refractivity contribution is 0.0951. The molecule has 7 heteroatoms. The highest BCUT2D eigenvalue weighted by atomic mass is 32.2. The first kappa shape index (κ1) is 18.0. The van der Waals surface area contributed by atoms with E-state index in [-0.39, 0.29) is 16.8 Å². The molecule has 1 saturated heterocycles. The van der Waals surface area contributed by atoms with Crippen molar-refractivity contribution in [2.45, 2.75) is 23.8 Å². The van der Waals surface area contributed by atoms with Crippen molar-refractivity contribution >= 4 is 21.6 Å². The summed E-state index contributed by atoms with van der Waals surface area (Å²) in [7, 11) is -3.55. The van der Waals surface area contributed by atoms with Crippen molar-refractivity contribution in [3.05, 3.63) is 60.2 Å². The molecule has 0 unspecified atom stereocenters. The third-order valence-electron chi connectivity index (χ3n) is 5.03. The molecule has 0 bridgehead atoms. The molecule has 2 aliphatic rings. The van der Waals surface area contributed by atoms with Crippen LogP contribution in [0.1, 0.15) is 23.2 Å². The first-order valence-electron chi connectivity index (χ1n) is 9.25. The summed E-state index contributed by atoms with van der Waals surface area (Å²) in [5.41, 5.74) is 1.61. The number of amides is 1. The van der Waals surface area contributed by atoms with Gasteiger partial charge in [-0.1, -0.05) is 18.2 Å². The molecule has 0 radical (unpaired) electrons. The maximum Gasteiger partial charge on any atom is 0.251 e. The molecule has 2 fully saturated rings. The van der Waals surface area contributed by atoms with Gasteiger partial charge in [-0.15, -0.1) is 0 Å². The van der Waals surface area contributed by atoms with Gasteiger partial charge in [0.15, 0.2) is 0 Å². The lowest BCUT2D eigenvalue weighted by atomic mass is 10.2. The molecule has 0 atom stereocenters. The second kappa shape index (κ2) is 7.32. The van der Waals surface area contributed by atoms with Crippen LogP contribution in [0, 0.1) is 0 Å². The van der Waals surface area contributed by atoms with Crippen molar-refractivity contribution < 1.29 is 13.2 Å². The highest BCUT2D eigenvalue weighted by Crippen LogP contribution is 2.22. The van der Waals surface area contributed by atoms with Crippen LogP contribution in [0.3, 0.4) is 0 Å². The Morgan fingerprint density at radius 1 is 0.889 bits per heavy atom. The molecule has 6 nitrogen and oxygen atoms in total. The van der Waals surface area contributed by atoms with Crippen molar-refractivity contribution in [1.29, 1.82) is 0 Å². The Bertz CT molecular complexity index is 901. The summed E-state index contributed by atoms with van der Waals surface area (Å²) in [6, 6.07) is 16.5. The number of nitrogens with one attached hydrogen (secondary N) is 1. The summed E-state index contributed by atoms with van der Waals surface area (Å²) in [6.45, 7) is 2.21. The predicted molar refractivity (Wildman–Crippen MR) is 104 cm³/mol. The normalized spacial score (nSPS) is 18.3. The van der Waals surface area contributed by atoms with E-state index in [0.29, 0.717) is 31.7 Å². The van der Waals surface area contributed by atoms with Gasteiger partial charge in [0.05, 0.1) is 4.90 Å². The molecule has 1 aliphatic carbocycles. The number of hydrogen-bond acceptors (Lipinski definition) is 4. The van der Waals surface area contributed by atoms with Gasteiger partial charge < -0.3 is 10.2 Å². The SMILES string of the molecule is O=C(NC1CC1)c1ccc(S(=O)(=O)N2CCN(c3ccccc3)CC2)cc1. The van der Waals surface area contributed by atoms with Crippen LogP contribution in [0.4, 0.5) is 5.69 Å². The van der Waals surface area contributed by atoms with Gasteiger partial charge in [0.1, 0.15) is 0 Å². The summed E-state index contributed by atoms with van der Waals surface area (Å²) in [6.07, 6.45) is 2.04.